The topological polar surface area (TPSA) is 85.0 Å². The molecule has 0 radical (unpaired) electrons. The highest BCUT2D eigenvalue weighted by molar-refractivity contribution is 5.88. The number of aryl methyl sites for hydroxylation is 1. The van der Waals surface area contributed by atoms with Crippen molar-refractivity contribution in [2.24, 2.45) is 5.92 Å². The molecule has 2 saturated heterocycles. The van der Waals surface area contributed by atoms with Crippen LogP contribution >= 0.6 is 0 Å². The van der Waals surface area contributed by atoms with Gasteiger partial charge in [-0.1, -0.05) is 67.9 Å². The molecule has 0 saturated carbocycles. The molecule has 2 N–H and O–H groups in total. The van der Waals surface area contributed by atoms with Crippen molar-refractivity contribution in [1.29, 1.82) is 0 Å². The zero-order valence-corrected chi connectivity index (χ0v) is 27.8. The van der Waals surface area contributed by atoms with Crippen LogP contribution < -0.4 is 10.6 Å². The van der Waals surface area contributed by atoms with E-state index in [4.69, 9.17) is 0 Å². The van der Waals surface area contributed by atoms with Gasteiger partial charge in [0.05, 0.1) is 0 Å². The summed E-state index contributed by atoms with van der Waals surface area (Å²) in [6.45, 7) is 13.2. The summed E-state index contributed by atoms with van der Waals surface area (Å²) in [6.07, 6.45) is 5.63. The molecule has 0 aliphatic carbocycles. The molecule has 45 heavy (non-hydrogen) atoms. The van der Waals surface area contributed by atoms with Crippen molar-refractivity contribution in [3.63, 3.8) is 0 Å². The first kappa shape index (κ1) is 33.1. The van der Waals surface area contributed by atoms with E-state index < -0.39 is 6.04 Å². The lowest BCUT2D eigenvalue weighted by Gasteiger charge is -2.46. The summed E-state index contributed by atoms with van der Waals surface area (Å²) in [4.78, 5) is 46.1. The highest BCUT2D eigenvalue weighted by Crippen LogP contribution is 2.27. The first-order valence-corrected chi connectivity index (χ1v) is 17.1. The normalized spacial score (nSPS) is 20.3. The van der Waals surface area contributed by atoms with Gasteiger partial charge in [0.15, 0.2) is 0 Å². The van der Waals surface area contributed by atoms with Gasteiger partial charge in [-0.3, -0.25) is 19.3 Å². The van der Waals surface area contributed by atoms with Gasteiger partial charge in [-0.05, 0) is 68.2 Å². The monoisotopic (exact) mass is 615 g/mol. The van der Waals surface area contributed by atoms with Crippen molar-refractivity contribution in [3.8, 4) is 0 Å². The van der Waals surface area contributed by atoms with E-state index in [9.17, 15) is 14.4 Å². The van der Waals surface area contributed by atoms with Gasteiger partial charge in [-0.2, -0.15) is 0 Å². The predicted molar refractivity (Wildman–Crippen MR) is 179 cm³/mol. The van der Waals surface area contributed by atoms with Gasteiger partial charge in [0, 0.05) is 70.6 Å². The number of carbonyl (C=O) groups is 3. The van der Waals surface area contributed by atoms with Crippen molar-refractivity contribution < 1.29 is 14.4 Å². The predicted octanol–water partition coefficient (Wildman–Crippen LogP) is 4.26. The average molecular weight is 616 g/mol. The first-order valence-electron chi connectivity index (χ1n) is 17.1. The van der Waals surface area contributed by atoms with Crippen molar-refractivity contribution >= 4 is 17.7 Å². The van der Waals surface area contributed by atoms with Crippen LogP contribution in [0.3, 0.4) is 0 Å². The minimum Gasteiger partial charge on any atom is -0.344 e. The number of piperidine rings is 2. The SMILES string of the molecule is CC(=O)N1CCC(N(CC(C)C)C2CCN(C(=O)[C@@H](Cc3ccc(C)cc3)NC(=O)C[C@@H]3NCCc4ccccc43)CC2)CC1. The van der Waals surface area contributed by atoms with Gasteiger partial charge in [-0.15, -0.1) is 0 Å². The van der Waals surface area contributed by atoms with E-state index >= 15 is 0 Å². The minimum absolute atomic E-state index is 0.0181. The number of amides is 3. The molecule has 2 aromatic carbocycles. The van der Waals surface area contributed by atoms with Crippen LogP contribution in [0.25, 0.3) is 0 Å². The van der Waals surface area contributed by atoms with E-state index in [1.54, 1.807) is 6.92 Å². The van der Waals surface area contributed by atoms with E-state index in [1.807, 2.05) is 15.9 Å². The average Bonchev–Trinajstić information content (AvgIpc) is 3.04. The molecule has 0 aromatic heterocycles. The summed E-state index contributed by atoms with van der Waals surface area (Å²) in [5, 5.41) is 6.68. The summed E-state index contributed by atoms with van der Waals surface area (Å²) < 4.78 is 0. The summed E-state index contributed by atoms with van der Waals surface area (Å²) in [5.74, 6) is 0.645. The van der Waals surface area contributed by atoms with Crippen molar-refractivity contribution in [3.05, 3.63) is 70.8 Å². The Morgan fingerprint density at radius 2 is 1.53 bits per heavy atom. The maximum atomic E-state index is 14.1. The standard InChI is InChI=1S/C37H53N5O3/c1-26(2)25-42(31-14-19-40(20-15-31)28(4)43)32-16-21-41(22-17-32)37(45)35(23-29-11-9-27(3)10-12-29)39-36(44)24-34-33-8-6-5-7-30(33)13-18-38-34/h5-12,26,31-32,34-35,38H,13-25H2,1-4H3,(H,39,44)/t34-,35+/m0/s1. The van der Waals surface area contributed by atoms with Crippen molar-refractivity contribution in [2.45, 2.75) is 96.8 Å². The number of hydrogen-bond acceptors (Lipinski definition) is 5. The van der Waals surface area contributed by atoms with E-state index in [1.165, 1.54) is 16.7 Å². The molecule has 3 heterocycles. The second-order valence-corrected chi connectivity index (χ2v) is 13.9. The molecule has 8 nitrogen and oxygen atoms in total. The smallest absolute Gasteiger partial charge is 0.245 e. The number of nitrogens with one attached hydrogen (secondary N) is 2. The largest absolute Gasteiger partial charge is 0.344 e. The first-order chi connectivity index (χ1) is 21.7. The van der Waals surface area contributed by atoms with Gasteiger partial charge >= 0.3 is 0 Å². The molecular formula is C37H53N5O3. The summed E-state index contributed by atoms with van der Waals surface area (Å²) in [5.41, 5.74) is 4.70. The van der Waals surface area contributed by atoms with Gasteiger partial charge in [0.2, 0.25) is 17.7 Å². The van der Waals surface area contributed by atoms with E-state index in [-0.39, 0.29) is 23.8 Å². The molecule has 0 bridgehead atoms. The highest BCUT2D eigenvalue weighted by Gasteiger charge is 2.35. The molecule has 5 rings (SSSR count). The fourth-order valence-corrected chi connectivity index (χ4v) is 7.54. The number of fused-ring (bicyclic) bond motifs is 1. The molecule has 2 fully saturated rings. The van der Waals surface area contributed by atoms with Crippen molar-refractivity contribution in [1.82, 2.24) is 25.3 Å². The van der Waals surface area contributed by atoms with Crippen LogP contribution in [0.1, 0.15) is 81.2 Å². The number of carbonyl (C=O) groups excluding carboxylic acids is 3. The molecule has 3 amide bonds. The molecule has 3 aliphatic rings. The van der Waals surface area contributed by atoms with Crippen LogP contribution in [0.4, 0.5) is 0 Å². The molecule has 8 heteroatoms. The zero-order chi connectivity index (χ0) is 31.9. The Labute approximate surface area is 269 Å². The third kappa shape index (κ3) is 8.73. The highest BCUT2D eigenvalue weighted by atomic mass is 16.2. The quantitative estimate of drug-likeness (QED) is 0.418. The number of hydrogen-bond donors (Lipinski definition) is 2. The molecule has 0 unspecified atom stereocenters. The van der Waals surface area contributed by atoms with Gasteiger partial charge in [0.25, 0.3) is 0 Å². The van der Waals surface area contributed by atoms with Gasteiger partial charge in [0.1, 0.15) is 6.04 Å². The lowest BCUT2D eigenvalue weighted by atomic mass is 9.92. The van der Waals surface area contributed by atoms with Crippen LogP contribution in [0.15, 0.2) is 48.5 Å². The van der Waals surface area contributed by atoms with Gasteiger partial charge < -0.3 is 20.4 Å². The van der Waals surface area contributed by atoms with Crippen LogP contribution in [-0.2, 0) is 27.2 Å². The van der Waals surface area contributed by atoms with Crippen LogP contribution in [0, 0.1) is 12.8 Å². The fourth-order valence-electron chi connectivity index (χ4n) is 7.54. The number of rotatable bonds is 10. The Morgan fingerprint density at radius 1 is 0.911 bits per heavy atom. The Bertz CT molecular complexity index is 1300. The van der Waals surface area contributed by atoms with Crippen molar-refractivity contribution in [2.75, 3.05) is 39.3 Å². The number of nitrogens with zero attached hydrogens (tertiary/aromatic N) is 3. The molecule has 0 spiro atoms. The Balaban J connectivity index is 1.23. The third-order valence-corrected chi connectivity index (χ3v) is 10.00. The maximum absolute atomic E-state index is 14.1. The second-order valence-electron chi connectivity index (χ2n) is 13.9. The number of benzene rings is 2. The molecule has 3 aliphatic heterocycles. The van der Waals surface area contributed by atoms with Crippen LogP contribution in [-0.4, -0.2) is 89.8 Å². The Hall–Kier alpha value is -3.23. The fraction of sp³-hybridized carbons (Fsp3) is 0.595. The van der Waals surface area contributed by atoms with Crippen LogP contribution in [0.2, 0.25) is 0 Å². The third-order valence-electron chi connectivity index (χ3n) is 10.00. The number of likely N-dealkylation sites (tertiary alicyclic amines) is 2. The maximum Gasteiger partial charge on any atom is 0.245 e. The summed E-state index contributed by atoms with van der Waals surface area (Å²) >= 11 is 0. The lowest BCUT2D eigenvalue weighted by molar-refractivity contribution is -0.138. The van der Waals surface area contributed by atoms with Crippen LogP contribution in [0.5, 0.6) is 0 Å². The Morgan fingerprint density at radius 3 is 2.16 bits per heavy atom. The van der Waals surface area contributed by atoms with Gasteiger partial charge in [-0.25, -0.2) is 0 Å². The lowest BCUT2D eigenvalue weighted by Crippen LogP contribution is -2.56. The molecule has 244 valence electrons. The second kappa shape index (κ2) is 15.4. The molecular weight excluding hydrogens is 562 g/mol. The Kier molecular flexibility index (Phi) is 11.3. The van der Waals surface area contributed by atoms with E-state index in [0.717, 1.165) is 63.8 Å². The summed E-state index contributed by atoms with van der Waals surface area (Å²) in [6, 6.07) is 16.8. The molecule has 2 atom stereocenters. The van der Waals surface area contributed by atoms with E-state index in [0.29, 0.717) is 43.9 Å². The summed E-state index contributed by atoms with van der Waals surface area (Å²) in [7, 11) is 0. The van der Waals surface area contributed by atoms with E-state index in [2.05, 4.69) is 78.8 Å². The minimum atomic E-state index is -0.599. The zero-order valence-electron chi connectivity index (χ0n) is 27.8. The molecule has 2 aromatic rings.